The van der Waals surface area contributed by atoms with Crippen LogP contribution in [-0.2, 0) is 0 Å². The number of hydrogen-bond donors (Lipinski definition) is 1. The van der Waals surface area contributed by atoms with Crippen LogP contribution in [0.3, 0.4) is 0 Å². The van der Waals surface area contributed by atoms with Crippen LogP contribution in [0.1, 0.15) is 36.5 Å². The molecule has 3 nitrogen and oxygen atoms in total. The van der Waals surface area contributed by atoms with E-state index in [4.69, 9.17) is 0 Å². The first-order valence-electron chi connectivity index (χ1n) is 7.46. The lowest BCUT2D eigenvalue weighted by atomic mass is 9.98. The Kier molecular flexibility index (Phi) is 5.53. The molecule has 1 heterocycles. The minimum atomic E-state index is -0.305. The molecule has 20 heavy (non-hydrogen) atoms. The Bertz CT molecular complexity index is 427. The van der Waals surface area contributed by atoms with Gasteiger partial charge in [0, 0.05) is 18.7 Å². The van der Waals surface area contributed by atoms with Crippen molar-refractivity contribution in [1.82, 2.24) is 10.2 Å². The molecule has 0 aliphatic carbocycles. The lowest BCUT2D eigenvalue weighted by molar-refractivity contribution is 0.0718. The average molecular weight is 278 g/mol. The van der Waals surface area contributed by atoms with Crippen LogP contribution in [0.25, 0.3) is 0 Å². The van der Waals surface area contributed by atoms with E-state index in [1.165, 1.54) is 25.0 Å². The van der Waals surface area contributed by atoms with Crippen molar-refractivity contribution in [2.45, 2.75) is 26.2 Å². The van der Waals surface area contributed by atoms with Gasteiger partial charge in [0.1, 0.15) is 5.82 Å². The van der Waals surface area contributed by atoms with Gasteiger partial charge in [0.2, 0.25) is 0 Å². The zero-order valence-corrected chi connectivity index (χ0v) is 12.1. The maximum Gasteiger partial charge on any atom is 0.253 e. The van der Waals surface area contributed by atoms with E-state index in [9.17, 15) is 9.18 Å². The monoisotopic (exact) mass is 278 g/mol. The van der Waals surface area contributed by atoms with Crippen LogP contribution in [0, 0.1) is 11.7 Å². The molecule has 1 aliphatic rings. The van der Waals surface area contributed by atoms with E-state index in [0.29, 0.717) is 11.5 Å². The maximum atomic E-state index is 12.9. The third-order valence-electron chi connectivity index (χ3n) is 3.75. The number of nitrogens with zero attached hydrogens (tertiary/aromatic N) is 1. The Hall–Kier alpha value is -1.42. The van der Waals surface area contributed by atoms with Crippen molar-refractivity contribution < 1.29 is 9.18 Å². The summed E-state index contributed by atoms with van der Waals surface area (Å²) in [5.41, 5.74) is 0.573. The first-order chi connectivity index (χ1) is 9.70. The van der Waals surface area contributed by atoms with Gasteiger partial charge in [-0.05, 0) is 62.5 Å². The molecule has 4 heteroatoms. The molecular weight excluding hydrogens is 255 g/mol. The zero-order chi connectivity index (χ0) is 14.4. The van der Waals surface area contributed by atoms with Gasteiger partial charge < -0.3 is 10.2 Å². The number of piperidine rings is 1. The van der Waals surface area contributed by atoms with Crippen molar-refractivity contribution in [3.8, 4) is 0 Å². The van der Waals surface area contributed by atoms with Crippen LogP contribution in [-0.4, -0.2) is 37.0 Å². The molecule has 0 saturated carbocycles. The standard InChI is InChI=1S/C16H23FN2O/c1-2-10-19(12-13-4-3-9-18-11-13)16(20)14-5-7-15(17)8-6-14/h5-8,13,18H,2-4,9-12H2,1H3. The quantitative estimate of drug-likeness (QED) is 0.898. The number of carbonyl (C=O) groups is 1. The highest BCUT2D eigenvalue weighted by Crippen LogP contribution is 2.15. The second kappa shape index (κ2) is 7.39. The Morgan fingerprint density at radius 1 is 1.40 bits per heavy atom. The molecule has 1 unspecified atom stereocenters. The number of amides is 1. The van der Waals surface area contributed by atoms with Crippen molar-refractivity contribution >= 4 is 5.91 Å². The topological polar surface area (TPSA) is 32.3 Å². The number of halogens is 1. The first-order valence-corrected chi connectivity index (χ1v) is 7.46. The van der Waals surface area contributed by atoms with E-state index in [1.807, 2.05) is 4.90 Å². The van der Waals surface area contributed by atoms with Crippen LogP contribution >= 0.6 is 0 Å². The Morgan fingerprint density at radius 3 is 2.75 bits per heavy atom. The third kappa shape index (κ3) is 4.04. The van der Waals surface area contributed by atoms with Crippen molar-refractivity contribution in [1.29, 1.82) is 0 Å². The van der Waals surface area contributed by atoms with E-state index in [1.54, 1.807) is 12.1 Å². The Balaban J connectivity index is 2.02. The highest BCUT2D eigenvalue weighted by atomic mass is 19.1. The van der Waals surface area contributed by atoms with Crippen LogP contribution in [0.15, 0.2) is 24.3 Å². The zero-order valence-electron chi connectivity index (χ0n) is 12.1. The summed E-state index contributed by atoms with van der Waals surface area (Å²) >= 11 is 0. The average Bonchev–Trinajstić information content (AvgIpc) is 2.48. The van der Waals surface area contributed by atoms with Gasteiger partial charge in [0.15, 0.2) is 0 Å². The fourth-order valence-corrected chi connectivity index (χ4v) is 2.71. The SMILES string of the molecule is CCCN(CC1CCCNC1)C(=O)c1ccc(F)cc1. The number of hydrogen-bond acceptors (Lipinski definition) is 2. The summed E-state index contributed by atoms with van der Waals surface area (Å²) in [4.78, 5) is 14.4. The predicted octanol–water partition coefficient (Wildman–Crippen LogP) is 2.68. The van der Waals surface area contributed by atoms with Gasteiger partial charge in [-0.15, -0.1) is 0 Å². The minimum Gasteiger partial charge on any atom is -0.338 e. The third-order valence-corrected chi connectivity index (χ3v) is 3.75. The molecule has 1 aliphatic heterocycles. The second-order valence-electron chi connectivity index (χ2n) is 5.47. The lowest BCUT2D eigenvalue weighted by Crippen LogP contribution is -2.41. The molecule has 1 N–H and O–H groups in total. The largest absolute Gasteiger partial charge is 0.338 e. The molecule has 1 amide bonds. The molecule has 1 atom stereocenters. The summed E-state index contributed by atoms with van der Waals surface area (Å²) in [6.45, 7) is 5.68. The second-order valence-corrected chi connectivity index (χ2v) is 5.47. The van der Waals surface area contributed by atoms with Crippen LogP contribution < -0.4 is 5.32 Å². The van der Waals surface area contributed by atoms with Gasteiger partial charge in [0.25, 0.3) is 5.91 Å². The molecule has 0 spiro atoms. The van der Waals surface area contributed by atoms with Gasteiger partial charge in [-0.25, -0.2) is 4.39 Å². The van der Waals surface area contributed by atoms with Gasteiger partial charge in [-0.1, -0.05) is 6.92 Å². The molecule has 0 aromatic heterocycles. The van der Waals surface area contributed by atoms with Crippen molar-refractivity contribution in [2.24, 2.45) is 5.92 Å². The Morgan fingerprint density at radius 2 is 2.15 bits per heavy atom. The highest BCUT2D eigenvalue weighted by Gasteiger charge is 2.21. The maximum absolute atomic E-state index is 12.9. The van der Waals surface area contributed by atoms with Crippen LogP contribution in [0.4, 0.5) is 4.39 Å². The van der Waals surface area contributed by atoms with Gasteiger partial charge >= 0.3 is 0 Å². The fourth-order valence-electron chi connectivity index (χ4n) is 2.71. The van der Waals surface area contributed by atoms with Gasteiger partial charge in [0.05, 0.1) is 0 Å². The molecule has 2 rings (SSSR count). The fraction of sp³-hybridized carbons (Fsp3) is 0.562. The molecule has 1 aromatic carbocycles. The van der Waals surface area contributed by atoms with E-state index < -0.39 is 0 Å². The summed E-state index contributed by atoms with van der Waals surface area (Å²) in [6.07, 6.45) is 3.28. The molecule has 1 saturated heterocycles. The molecule has 0 bridgehead atoms. The molecule has 1 aromatic rings. The predicted molar refractivity (Wildman–Crippen MR) is 78.2 cm³/mol. The molecule has 0 radical (unpaired) electrons. The van der Waals surface area contributed by atoms with Gasteiger partial charge in [-0.2, -0.15) is 0 Å². The van der Waals surface area contributed by atoms with Crippen molar-refractivity contribution in [2.75, 3.05) is 26.2 Å². The number of rotatable bonds is 5. The van der Waals surface area contributed by atoms with E-state index >= 15 is 0 Å². The van der Waals surface area contributed by atoms with E-state index in [0.717, 1.165) is 32.6 Å². The van der Waals surface area contributed by atoms with Crippen LogP contribution in [0.5, 0.6) is 0 Å². The van der Waals surface area contributed by atoms with Crippen molar-refractivity contribution in [3.63, 3.8) is 0 Å². The summed E-state index contributed by atoms with van der Waals surface area (Å²) in [5, 5.41) is 3.38. The molecular formula is C16H23FN2O. The molecule has 110 valence electrons. The van der Waals surface area contributed by atoms with Gasteiger partial charge in [-0.3, -0.25) is 4.79 Å². The molecule has 1 fully saturated rings. The van der Waals surface area contributed by atoms with Crippen molar-refractivity contribution in [3.05, 3.63) is 35.6 Å². The van der Waals surface area contributed by atoms with Crippen LogP contribution in [0.2, 0.25) is 0 Å². The van der Waals surface area contributed by atoms with E-state index in [-0.39, 0.29) is 11.7 Å². The minimum absolute atomic E-state index is 0.0115. The van der Waals surface area contributed by atoms with E-state index in [2.05, 4.69) is 12.2 Å². The summed E-state index contributed by atoms with van der Waals surface area (Å²) in [7, 11) is 0. The lowest BCUT2D eigenvalue weighted by Gasteiger charge is -2.30. The smallest absolute Gasteiger partial charge is 0.253 e. The Labute approximate surface area is 120 Å². The summed E-state index contributed by atoms with van der Waals surface area (Å²) in [6, 6.07) is 5.83. The summed E-state index contributed by atoms with van der Waals surface area (Å²) < 4.78 is 12.9. The number of benzene rings is 1. The number of carbonyl (C=O) groups excluding carboxylic acids is 1. The summed E-state index contributed by atoms with van der Waals surface area (Å²) in [5.74, 6) is 0.234. The number of nitrogens with one attached hydrogen (secondary N) is 1. The first kappa shape index (κ1) is 15.0. The highest BCUT2D eigenvalue weighted by molar-refractivity contribution is 5.94. The normalized spacial score (nSPS) is 18.8.